The number of carbonyl (C=O) groups excluding carboxylic acids is 1. The third-order valence-electron chi connectivity index (χ3n) is 3.03. The zero-order chi connectivity index (χ0) is 18.4. The Labute approximate surface area is 138 Å². The van der Waals surface area contributed by atoms with Crippen molar-refractivity contribution in [3.63, 3.8) is 0 Å². The van der Waals surface area contributed by atoms with Gasteiger partial charge in [-0.05, 0) is 31.2 Å². The van der Waals surface area contributed by atoms with Crippen molar-refractivity contribution in [2.45, 2.75) is 24.4 Å². The van der Waals surface area contributed by atoms with Crippen molar-refractivity contribution in [1.29, 1.82) is 0 Å². The highest BCUT2D eigenvalue weighted by Crippen LogP contribution is 2.33. The van der Waals surface area contributed by atoms with E-state index < -0.39 is 38.2 Å². The molecule has 0 heterocycles. The van der Waals surface area contributed by atoms with E-state index in [2.05, 4.69) is 14.8 Å². The number of alkyl halides is 3. The fourth-order valence-electron chi connectivity index (χ4n) is 1.87. The highest BCUT2D eigenvalue weighted by molar-refractivity contribution is 7.89. The van der Waals surface area contributed by atoms with Gasteiger partial charge in [0.1, 0.15) is 0 Å². The molecule has 0 saturated carbocycles. The minimum atomic E-state index is -4.89. The summed E-state index contributed by atoms with van der Waals surface area (Å²) in [5.74, 6) is -1.19. The van der Waals surface area contributed by atoms with Crippen molar-refractivity contribution in [2.24, 2.45) is 0 Å². The second kappa shape index (κ2) is 8.45. The van der Waals surface area contributed by atoms with Gasteiger partial charge in [0, 0.05) is 13.1 Å². The highest BCUT2D eigenvalue weighted by atomic mass is 32.2. The quantitative estimate of drug-likeness (QED) is 0.540. The molecule has 6 nitrogen and oxygen atoms in total. The number of benzene rings is 1. The number of ether oxygens (including phenoxy) is 1. The molecule has 0 amide bonds. The molecule has 0 aliphatic heterocycles. The summed E-state index contributed by atoms with van der Waals surface area (Å²) in [5, 5.41) is 2.96. The van der Waals surface area contributed by atoms with E-state index in [-0.39, 0.29) is 6.54 Å². The van der Waals surface area contributed by atoms with Crippen LogP contribution in [0.15, 0.2) is 23.1 Å². The number of hydrogen-bond donors (Lipinski definition) is 2. The molecule has 24 heavy (non-hydrogen) atoms. The van der Waals surface area contributed by atoms with Gasteiger partial charge in [0.05, 0.1) is 23.1 Å². The SMILES string of the molecule is CCCNCCNS(=O)(=O)c1ccc(C(=O)OC)c(C(F)(F)F)c1. The van der Waals surface area contributed by atoms with E-state index in [4.69, 9.17) is 0 Å². The molecule has 2 N–H and O–H groups in total. The van der Waals surface area contributed by atoms with Crippen molar-refractivity contribution in [3.8, 4) is 0 Å². The Morgan fingerprint density at radius 2 is 1.88 bits per heavy atom. The van der Waals surface area contributed by atoms with Gasteiger partial charge in [-0.15, -0.1) is 0 Å². The topological polar surface area (TPSA) is 84.5 Å². The third kappa shape index (κ3) is 5.46. The van der Waals surface area contributed by atoms with E-state index in [1.54, 1.807) is 0 Å². The van der Waals surface area contributed by atoms with Gasteiger partial charge in [-0.25, -0.2) is 17.9 Å². The molecule has 0 aromatic heterocycles. The van der Waals surface area contributed by atoms with Crippen LogP contribution in [0, 0.1) is 0 Å². The molecule has 1 aromatic carbocycles. The zero-order valence-corrected chi connectivity index (χ0v) is 14.1. The molecular weight excluding hydrogens is 349 g/mol. The molecule has 1 rings (SSSR count). The highest BCUT2D eigenvalue weighted by Gasteiger charge is 2.36. The Balaban J connectivity index is 3.06. The van der Waals surface area contributed by atoms with Crippen LogP contribution in [0.1, 0.15) is 29.3 Å². The zero-order valence-electron chi connectivity index (χ0n) is 13.2. The minimum absolute atomic E-state index is 0.0302. The predicted molar refractivity (Wildman–Crippen MR) is 81.1 cm³/mol. The fourth-order valence-corrected chi connectivity index (χ4v) is 2.93. The maximum atomic E-state index is 13.1. The number of carbonyl (C=O) groups is 1. The first-order valence-corrected chi connectivity index (χ1v) is 8.61. The molecule has 136 valence electrons. The van der Waals surface area contributed by atoms with Crippen LogP contribution in [0.4, 0.5) is 13.2 Å². The summed E-state index contributed by atoms with van der Waals surface area (Å²) in [6.07, 6.45) is -4.02. The standard InChI is InChI=1S/C14H19F3N2O4S/c1-3-6-18-7-8-19-24(21,22)10-4-5-11(13(20)23-2)12(9-10)14(15,16)17/h4-5,9,18-19H,3,6-8H2,1-2H3. The third-order valence-corrected chi connectivity index (χ3v) is 4.49. The van der Waals surface area contributed by atoms with E-state index >= 15 is 0 Å². The summed E-state index contributed by atoms with van der Waals surface area (Å²) in [6.45, 7) is 3.02. The number of rotatable bonds is 8. The summed E-state index contributed by atoms with van der Waals surface area (Å²) >= 11 is 0. The Hall–Kier alpha value is -1.65. The molecule has 0 aliphatic carbocycles. The van der Waals surface area contributed by atoms with E-state index in [1.165, 1.54) is 0 Å². The molecular formula is C14H19F3N2O4S. The first-order chi connectivity index (χ1) is 11.1. The molecule has 1 aromatic rings. The van der Waals surface area contributed by atoms with Gasteiger partial charge in [-0.2, -0.15) is 13.2 Å². The van der Waals surface area contributed by atoms with Gasteiger partial charge in [0.15, 0.2) is 0 Å². The first kappa shape index (κ1) is 20.4. The Morgan fingerprint density at radius 1 is 1.21 bits per heavy atom. The molecule has 0 bridgehead atoms. The van der Waals surface area contributed by atoms with Crippen molar-refractivity contribution >= 4 is 16.0 Å². The van der Waals surface area contributed by atoms with Crippen LogP contribution < -0.4 is 10.0 Å². The van der Waals surface area contributed by atoms with Crippen LogP contribution in [0.2, 0.25) is 0 Å². The van der Waals surface area contributed by atoms with Crippen molar-refractivity contribution in [2.75, 3.05) is 26.7 Å². The van der Waals surface area contributed by atoms with Gasteiger partial charge in [0.25, 0.3) is 0 Å². The average molecular weight is 368 g/mol. The van der Waals surface area contributed by atoms with Crippen LogP contribution in [0.5, 0.6) is 0 Å². The molecule has 0 spiro atoms. The monoisotopic (exact) mass is 368 g/mol. The maximum Gasteiger partial charge on any atom is 0.417 e. The van der Waals surface area contributed by atoms with E-state index in [1.807, 2.05) is 6.92 Å². The van der Waals surface area contributed by atoms with Crippen LogP contribution >= 0.6 is 0 Å². The summed E-state index contributed by atoms with van der Waals surface area (Å²) in [7, 11) is -3.18. The number of esters is 1. The normalized spacial score (nSPS) is 12.2. The van der Waals surface area contributed by atoms with Gasteiger partial charge in [0.2, 0.25) is 10.0 Å². The molecule has 0 fully saturated rings. The number of methoxy groups -OCH3 is 1. The van der Waals surface area contributed by atoms with Crippen LogP contribution in [-0.4, -0.2) is 41.1 Å². The molecule has 0 radical (unpaired) electrons. The van der Waals surface area contributed by atoms with Gasteiger partial charge in [-0.1, -0.05) is 6.92 Å². The van der Waals surface area contributed by atoms with Crippen LogP contribution in [0.3, 0.4) is 0 Å². The summed E-state index contributed by atoms with van der Waals surface area (Å²) < 4.78 is 69.8. The summed E-state index contributed by atoms with van der Waals surface area (Å²) in [6, 6.07) is 2.15. The Bertz CT molecular complexity index is 675. The number of halogens is 3. The summed E-state index contributed by atoms with van der Waals surface area (Å²) in [5.41, 5.74) is -2.10. The van der Waals surface area contributed by atoms with E-state index in [0.29, 0.717) is 19.2 Å². The van der Waals surface area contributed by atoms with Crippen LogP contribution in [0.25, 0.3) is 0 Å². The van der Waals surface area contributed by atoms with E-state index in [0.717, 1.165) is 25.7 Å². The lowest BCUT2D eigenvalue weighted by Crippen LogP contribution is -2.32. The van der Waals surface area contributed by atoms with E-state index in [9.17, 15) is 26.4 Å². The molecule has 0 saturated heterocycles. The van der Waals surface area contributed by atoms with Gasteiger partial charge in [-0.3, -0.25) is 0 Å². The van der Waals surface area contributed by atoms with Gasteiger partial charge >= 0.3 is 12.1 Å². The molecule has 0 unspecified atom stereocenters. The molecule has 0 aliphatic rings. The maximum absolute atomic E-state index is 13.1. The van der Waals surface area contributed by atoms with Crippen molar-refractivity contribution in [1.82, 2.24) is 10.0 Å². The summed E-state index contributed by atoms with van der Waals surface area (Å²) in [4.78, 5) is 10.8. The average Bonchev–Trinajstić information content (AvgIpc) is 2.52. The molecule has 10 heteroatoms. The largest absolute Gasteiger partial charge is 0.465 e. The number of hydrogen-bond acceptors (Lipinski definition) is 5. The second-order valence-corrected chi connectivity index (χ2v) is 6.61. The smallest absolute Gasteiger partial charge is 0.417 e. The Morgan fingerprint density at radius 3 is 2.42 bits per heavy atom. The first-order valence-electron chi connectivity index (χ1n) is 7.13. The fraction of sp³-hybridized carbons (Fsp3) is 0.500. The second-order valence-electron chi connectivity index (χ2n) is 4.84. The lowest BCUT2D eigenvalue weighted by Gasteiger charge is -2.14. The number of nitrogens with one attached hydrogen (secondary N) is 2. The van der Waals surface area contributed by atoms with Crippen LogP contribution in [-0.2, 0) is 20.9 Å². The Kier molecular flexibility index (Phi) is 7.18. The molecule has 0 atom stereocenters. The minimum Gasteiger partial charge on any atom is -0.465 e. The predicted octanol–water partition coefficient (Wildman–Crippen LogP) is 1.77. The van der Waals surface area contributed by atoms with Crippen molar-refractivity contribution in [3.05, 3.63) is 29.3 Å². The number of sulfonamides is 1. The van der Waals surface area contributed by atoms with Crippen molar-refractivity contribution < 1.29 is 31.1 Å². The lowest BCUT2D eigenvalue weighted by atomic mass is 10.1. The lowest BCUT2D eigenvalue weighted by molar-refractivity contribution is -0.138. The van der Waals surface area contributed by atoms with Gasteiger partial charge < -0.3 is 10.1 Å².